The van der Waals surface area contributed by atoms with Crippen LogP contribution in [0.4, 0.5) is 0 Å². The molecule has 0 heterocycles. The number of aliphatic hydroxyl groups excluding tert-OH is 2. The summed E-state index contributed by atoms with van der Waals surface area (Å²) < 4.78 is 5.40. The number of allylic oxidation sites excluding steroid dienone is 3. The number of hydrogen-bond acceptors (Lipinski definition) is 6. The first-order valence-corrected chi connectivity index (χ1v) is 14.3. The lowest BCUT2D eigenvalue weighted by Gasteiger charge is -2.46. The molecule has 0 bridgehead atoms. The van der Waals surface area contributed by atoms with Gasteiger partial charge in [-0.3, -0.25) is 9.59 Å². The Morgan fingerprint density at radius 1 is 1.21 bits per heavy atom. The maximum atomic E-state index is 13.1. The highest BCUT2D eigenvalue weighted by Crippen LogP contribution is 2.61. The van der Waals surface area contributed by atoms with Crippen LogP contribution in [0.25, 0.3) is 0 Å². The summed E-state index contributed by atoms with van der Waals surface area (Å²) in [5.74, 6) is -0.489. The van der Waals surface area contributed by atoms with E-state index in [0.29, 0.717) is 49.0 Å². The fraction of sp³-hybridized carbons (Fsp3) is 0.742. The molecule has 0 aromatic carbocycles. The van der Waals surface area contributed by atoms with E-state index in [1.165, 1.54) is 5.57 Å². The van der Waals surface area contributed by atoms with E-state index in [2.05, 4.69) is 26.5 Å². The van der Waals surface area contributed by atoms with E-state index in [9.17, 15) is 24.9 Å². The van der Waals surface area contributed by atoms with Crippen molar-refractivity contribution in [1.29, 1.82) is 0 Å². The third kappa shape index (κ3) is 7.57. The van der Waals surface area contributed by atoms with E-state index in [-0.39, 0.29) is 30.3 Å². The summed E-state index contributed by atoms with van der Waals surface area (Å²) in [7, 11) is 0. The molecule has 7 nitrogen and oxygen atoms in total. The van der Waals surface area contributed by atoms with E-state index < -0.39 is 23.8 Å². The van der Waals surface area contributed by atoms with Gasteiger partial charge in [0.25, 0.3) is 0 Å². The maximum Gasteiger partial charge on any atom is 0.309 e. The van der Waals surface area contributed by atoms with Crippen LogP contribution in [-0.4, -0.2) is 56.8 Å². The van der Waals surface area contributed by atoms with Crippen LogP contribution in [0.2, 0.25) is 0 Å². The molecule has 3 aliphatic carbocycles. The summed E-state index contributed by atoms with van der Waals surface area (Å²) in [5.41, 5.74) is 1.88. The van der Waals surface area contributed by atoms with Crippen LogP contribution >= 0.6 is 0 Å². The van der Waals surface area contributed by atoms with Gasteiger partial charge in [-0.2, -0.15) is 0 Å². The number of aliphatic carboxylic acids is 1. The third-order valence-corrected chi connectivity index (χ3v) is 9.32. The lowest BCUT2D eigenvalue weighted by Crippen LogP contribution is -2.41. The van der Waals surface area contributed by atoms with Crippen molar-refractivity contribution < 1.29 is 34.8 Å². The molecule has 0 saturated heterocycles. The molecule has 4 N–H and O–H groups in total. The molecule has 3 saturated carbocycles. The van der Waals surface area contributed by atoms with Crippen LogP contribution in [0, 0.1) is 29.1 Å². The molecule has 3 rings (SSSR count). The second kappa shape index (κ2) is 12.5. The fourth-order valence-corrected chi connectivity index (χ4v) is 7.36. The van der Waals surface area contributed by atoms with E-state index in [4.69, 9.17) is 9.84 Å². The van der Waals surface area contributed by atoms with Crippen LogP contribution in [0.15, 0.2) is 35.5 Å². The zero-order valence-corrected chi connectivity index (χ0v) is 23.6. The smallest absolute Gasteiger partial charge is 0.309 e. The summed E-state index contributed by atoms with van der Waals surface area (Å²) in [4.78, 5) is 24.0. The quantitative estimate of drug-likeness (QED) is 0.294. The van der Waals surface area contributed by atoms with Crippen LogP contribution in [-0.2, 0) is 14.3 Å². The maximum absolute atomic E-state index is 13.1. The van der Waals surface area contributed by atoms with Crippen molar-refractivity contribution in [3.63, 3.8) is 0 Å². The van der Waals surface area contributed by atoms with Crippen molar-refractivity contribution in [2.75, 3.05) is 6.61 Å². The highest BCUT2D eigenvalue weighted by Gasteiger charge is 2.54. The van der Waals surface area contributed by atoms with E-state index in [1.54, 1.807) is 0 Å². The number of carboxylic acids is 1. The summed E-state index contributed by atoms with van der Waals surface area (Å²) in [5, 5.41) is 39.5. The zero-order chi connectivity index (χ0) is 28.3. The van der Waals surface area contributed by atoms with Gasteiger partial charge in [0.1, 0.15) is 6.61 Å². The minimum Gasteiger partial charge on any atom is -0.481 e. The van der Waals surface area contributed by atoms with Crippen molar-refractivity contribution in [3.05, 3.63) is 35.5 Å². The largest absolute Gasteiger partial charge is 0.481 e. The van der Waals surface area contributed by atoms with Gasteiger partial charge in [0.15, 0.2) is 0 Å². The molecule has 7 heteroatoms. The van der Waals surface area contributed by atoms with E-state index in [0.717, 1.165) is 37.7 Å². The number of hydrogen-bond donors (Lipinski definition) is 4. The lowest BCUT2D eigenvalue weighted by molar-refractivity contribution is -0.153. The van der Waals surface area contributed by atoms with Crippen molar-refractivity contribution in [2.24, 2.45) is 29.1 Å². The van der Waals surface area contributed by atoms with Crippen molar-refractivity contribution >= 4 is 11.9 Å². The Morgan fingerprint density at radius 3 is 2.58 bits per heavy atom. The number of rotatable bonds is 10. The monoisotopic (exact) mass is 532 g/mol. The molecule has 0 radical (unpaired) electrons. The molecule has 0 aromatic heterocycles. The first-order valence-electron chi connectivity index (χ1n) is 14.3. The van der Waals surface area contributed by atoms with E-state index in [1.807, 2.05) is 19.9 Å². The van der Waals surface area contributed by atoms with Gasteiger partial charge in [0.2, 0.25) is 0 Å². The van der Waals surface area contributed by atoms with Crippen LogP contribution < -0.4 is 0 Å². The summed E-state index contributed by atoms with van der Waals surface area (Å²) in [6.07, 6.45) is 9.32. The Kier molecular flexibility index (Phi) is 10.0. The molecule has 0 spiro atoms. The van der Waals surface area contributed by atoms with Gasteiger partial charge < -0.3 is 25.2 Å². The van der Waals surface area contributed by atoms with Gasteiger partial charge in [0, 0.05) is 6.42 Å². The highest BCUT2D eigenvalue weighted by molar-refractivity contribution is 5.74. The second-order valence-electron chi connectivity index (χ2n) is 12.9. The van der Waals surface area contributed by atoms with Crippen LogP contribution in [0.3, 0.4) is 0 Å². The first-order chi connectivity index (χ1) is 17.7. The summed E-state index contributed by atoms with van der Waals surface area (Å²) >= 11 is 0. The molecule has 0 aromatic rings. The minimum atomic E-state index is -0.992. The zero-order valence-electron chi connectivity index (χ0n) is 23.6. The molecule has 3 aliphatic rings. The average molecular weight is 533 g/mol. The highest BCUT2D eigenvalue weighted by atomic mass is 16.5. The number of fused-ring (bicyclic) bond motifs is 1. The molecule has 214 valence electrons. The summed E-state index contributed by atoms with van der Waals surface area (Å²) in [6.45, 7) is 12.2. The Bertz CT molecular complexity index is 942. The minimum absolute atomic E-state index is 0.101. The molecular formula is C31H48O7. The topological polar surface area (TPSA) is 124 Å². The molecule has 3 fully saturated rings. The van der Waals surface area contributed by atoms with E-state index >= 15 is 0 Å². The predicted octanol–water partition coefficient (Wildman–Crippen LogP) is 4.95. The van der Waals surface area contributed by atoms with Crippen molar-refractivity contribution in [3.8, 4) is 0 Å². The average Bonchev–Trinajstić information content (AvgIpc) is 3.16. The van der Waals surface area contributed by atoms with Gasteiger partial charge >= 0.3 is 11.9 Å². The Balaban J connectivity index is 1.85. The molecular weight excluding hydrogens is 484 g/mol. The molecule has 0 unspecified atom stereocenters. The van der Waals surface area contributed by atoms with Crippen molar-refractivity contribution in [1.82, 2.24) is 0 Å². The van der Waals surface area contributed by atoms with Crippen LogP contribution in [0.1, 0.15) is 91.9 Å². The standard InChI is InChI=1S/C31H48O7/c1-19(7-6-13-30(3,4)37)25-10-11-26-22(9-8-21-16-24(32)17-27(33)20(21)2)15-23(18-31(25,26)5)29(36)38-14-12-28(34)35/h8-9,19,23-27,32-33,37H,2,6-7,10-18H2,1,3-5H3,(H,34,35)/b21-8-,22-9+/t19-,23+,24-,25-,26+,27+,31-/m1/s1. The predicted molar refractivity (Wildman–Crippen MR) is 146 cm³/mol. The van der Waals surface area contributed by atoms with Gasteiger partial charge in [-0.1, -0.05) is 51.0 Å². The van der Waals surface area contributed by atoms with Gasteiger partial charge in [-0.15, -0.1) is 0 Å². The van der Waals surface area contributed by atoms with Gasteiger partial charge in [0.05, 0.1) is 30.1 Å². The number of ether oxygens (including phenoxy) is 1. The van der Waals surface area contributed by atoms with Crippen LogP contribution in [0.5, 0.6) is 0 Å². The van der Waals surface area contributed by atoms with Crippen molar-refractivity contribution in [2.45, 2.75) is 110 Å². The Morgan fingerprint density at radius 2 is 1.92 bits per heavy atom. The second-order valence-corrected chi connectivity index (χ2v) is 12.9. The normalized spacial score (nSPS) is 34.8. The Labute approximate surface area is 227 Å². The number of carboxylic acid groups (broad SMARTS) is 1. The number of esters is 1. The number of carbonyl (C=O) groups is 2. The third-order valence-electron chi connectivity index (χ3n) is 9.32. The molecule has 7 atom stereocenters. The lowest BCUT2D eigenvalue weighted by atomic mass is 9.58. The summed E-state index contributed by atoms with van der Waals surface area (Å²) in [6, 6.07) is 0. The number of carbonyl (C=O) groups excluding carboxylic acids is 1. The molecule has 38 heavy (non-hydrogen) atoms. The fourth-order valence-electron chi connectivity index (χ4n) is 7.36. The molecule has 0 amide bonds. The number of aliphatic hydroxyl groups is 3. The first kappa shape index (κ1) is 30.6. The Hall–Kier alpha value is -1.96. The SMILES string of the molecule is C=C1/C(=C\C=C2/C[C@H](C(=O)OCCC(=O)O)C[C@]3(C)[C@@H]([C@H](C)CCCC(C)(C)O)CC[C@@H]23)C[C@@H](O)C[C@@H]1O. The molecule has 0 aliphatic heterocycles. The van der Waals surface area contributed by atoms with Gasteiger partial charge in [-0.05, 0) is 86.7 Å². The van der Waals surface area contributed by atoms with Gasteiger partial charge in [-0.25, -0.2) is 0 Å².